The van der Waals surface area contributed by atoms with Gasteiger partial charge in [-0.2, -0.15) is 5.10 Å². The zero-order valence-electron chi connectivity index (χ0n) is 13.2. The van der Waals surface area contributed by atoms with Crippen molar-refractivity contribution >= 4 is 11.9 Å². The molecule has 0 spiro atoms. The molecule has 1 aromatic carbocycles. The molecule has 2 aromatic rings. The van der Waals surface area contributed by atoms with Crippen LogP contribution >= 0.6 is 0 Å². The second-order valence-corrected chi connectivity index (χ2v) is 5.07. The number of carboxylic acids is 1. The lowest BCUT2D eigenvalue weighted by Gasteiger charge is -2.11. The first kappa shape index (κ1) is 17.2. The van der Waals surface area contributed by atoms with E-state index in [9.17, 15) is 14.4 Å². The van der Waals surface area contributed by atoms with E-state index in [1.54, 1.807) is 37.4 Å². The summed E-state index contributed by atoms with van der Waals surface area (Å²) in [6.07, 6.45) is 0. The normalized spacial score (nSPS) is 11.6. The van der Waals surface area contributed by atoms with Gasteiger partial charge >= 0.3 is 5.97 Å². The molecule has 0 aliphatic carbocycles. The third kappa shape index (κ3) is 4.19. The number of carbonyl (C=O) groups excluding carboxylic acids is 1. The molecule has 24 heavy (non-hydrogen) atoms. The highest BCUT2D eigenvalue weighted by molar-refractivity contribution is 5.83. The van der Waals surface area contributed by atoms with Crippen molar-refractivity contribution in [3.05, 3.63) is 46.8 Å². The van der Waals surface area contributed by atoms with Crippen LogP contribution in [0.3, 0.4) is 0 Å². The Kier molecular flexibility index (Phi) is 5.31. The van der Waals surface area contributed by atoms with Crippen molar-refractivity contribution in [1.29, 1.82) is 0 Å². The number of rotatable bonds is 6. The van der Waals surface area contributed by atoms with Gasteiger partial charge in [0.05, 0.1) is 12.8 Å². The van der Waals surface area contributed by atoms with E-state index >= 15 is 0 Å². The number of aliphatic carboxylic acids is 1. The third-order valence-corrected chi connectivity index (χ3v) is 3.29. The molecule has 0 saturated heterocycles. The van der Waals surface area contributed by atoms with Gasteiger partial charge < -0.3 is 15.2 Å². The van der Waals surface area contributed by atoms with Crippen molar-refractivity contribution in [2.45, 2.75) is 19.5 Å². The summed E-state index contributed by atoms with van der Waals surface area (Å²) in [5, 5.41) is 15.2. The van der Waals surface area contributed by atoms with E-state index in [1.165, 1.54) is 13.0 Å². The molecular formula is C16H17N3O5. The number of aromatic nitrogens is 2. The van der Waals surface area contributed by atoms with Crippen LogP contribution in [0, 0.1) is 0 Å². The Morgan fingerprint density at radius 3 is 2.50 bits per heavy atom. The molecule has 1 heterocycles. The van der Waals surface area contributed by atoms with Crippen molar-refractivity contribution in [2.24, 2.45) is 0 Å². The van der Waals surface area contributed by atoms with E-state index in [2.05, 4.69) is 10.4 Å². The molecule has 0 unspecified atom stereocenters. The molecule has 2 rings (SSSR count). The quantitative estimate of drug-likeness (QED) is 0.798. The maximum atomic E-state index is 11.8. The Bertz CT molecular complexity index is 798. The second kappa shape index (κ2) is 7.40. The second-order valence-electron chi connectivity index (χ2n) is 5.07. The Hall–Kier alpha value is -3.16. The number of ether oxygens (including phenoxy) is 1. The molecule has 0 aliphatic rings. The Labute approximate surface area is 137 Å². The van der Waals surface area contributed by atoms with Crippen molar-refractivity contribution < 1.29 is 19.4 Å². The maximum absolute atomic E-state index is 11.8. The first-order valence-electron chi connectivity index (χ1n) is 7.15. The molecule has 0 bridgehead atoms. The molecule has 8 heteroatoms. The van der Waals surface area contributed by atoms with E-state index in [0.29, 0.717) is 11.4 Å². The standard InChI is InChI=1S/C16H17N3O5/c1-10(16(22)23)17-14(20)9-19-15(21)8-7-13(18-19)11-3-5-12(24-2)6-4-11/h3-8,10H,9H2,1-2H3,(H,17,20)(H,22,23)/t10-/m1/s1. The summed E-state index contributed by atoms with van der Waals surface area (Å²) in [7, 11) is 1.56. The maximum Gasteiger partial charge on any atom is 0.325 e. The van der Waals surface area contributed by atoms with Crippen LogP contribution in [0.5, 0.6) is 5.75 Å². The van der Waals surface area contributed by atoms with Crippen LogP contribution in [0.15, 0.2) is 41.2 Å². The van der Waals surface area contributed by atoms with Gasteiger partial charge in [-0.15, -0.1) is 0 Å². The van der Waals surface area contributed by atoms with Gasteiger partial charge in [0.25, 0.3) is 5.56 Å². The lowest BCUT2D eigenvalue weighted by Crippen LogP contribution is -2.41. The molecule has 0 saturated carbocycles. The summed E-state index contributed by atoms with van der Waals surface area (Å²) in [5.41, 5.74) is 0.811. The molecular weight excluding hydrogens is 314 g/mol. The number of benzene rings is 1. The summed E-state index contributed by atoms with van der Waals surface area (Å²) < 4.78 is 6.07. The van der Waals surface area contributed by atoms with E-state index in [-0.39, 0.29) is 6.54 Å². The molecule has 126 valence electrons. The molecule has 0 radical (unpaired) electrons. The summed E-state index contributed by atoms with van der Waals surface area (Å²) in [4.78, 5) is 34.4. The van der Waals surface area contributed by atoms with Crippen LogP contribution in [0.4, 0.5) is 0 Å². The Morgan fingerprint density at radius 1 is 1.25 bits per heavy atom. The largest absolute Gasteiger partial charge is 0.497 e. The molecule has 0 fully saturated rings. The van der Waals surface area contributed by atoms with Crippen LogP contribution in [0.1, 0.15) is 6.92 Å². The van der Waals surface area contributed by atoms with Crippen LogP contribution in [-0.2, 0) is 16.1 Å². The predicted octanol–water partition coefficient (Wildman–Crippen LogP) is 0.508. The summed E-state index contributed by atoms with van der Waals surface area (Å²) >= 11 is 0. The number of nitrogens with one attached hydrogen (secondary N) is 1. The third-order valence-electron chi connectivity index (χ3n) is 3.29. The fourth-order valence-corrected chi connectivity index (χ4v) is 1.96. The highest BCUT2D eigenvalue weighted by Crippen LogP contribution is 2.19. The number of hydrogen-bond donors (Lipinski definition) is 2. The first-order valence-corrected chi connectivity index (χ1v) is 7.15. The van der Waals surface area contributed by atoms with Gasteiger partial charge in [0.15, 0.2) is 0 Å². The minimum Gasteiger partial charge on any atom is -0.497 e. The average molecular weight is 331 g/mol. The van der Waals surface area contributed by atoms with E-state index in [1.807, 2.05) is 0 Å². The van der Waals surface area contributed by atoms with Gasteiger partial charge in [-0.1, -0.05) is 0 Å². The zero-order valence-corrected chi connectivity index (χ0v) is 13.2. The van der Waals surface area contributed by atoms with Crippen molar-refractivity contribution in [3.8, 4) is 17.0 Å². The van der Waals surface area contributed by atoms with Crippen LogP contribution in [0.25, 0.3) is 11.3 Å². The van der Waals surface area contributed by atoms with Crippen LogP contribution in [0.2, 0.25) is 0 Å². The van der Waals surface area contributed by atoms with Crippen LogP contribution < -0.4 is 15.6 Å². The topological polar surface area (TPSA) is 111 Å². The molecule has 8 nitrogen and oxygen atoms in total. The SMILES string of the molecule is COc1ccc(-c2ccc(=O)n(CC(=O)N[C@H](C)C(=O)O)n2)cc1. The lowest BCUT2D eigenvalue weighted by molar-refractivity contribution is -0.141. The monoisotopic (exact) mass is 331 g/mol. The van der Waals surface area contributed by atoms with Gasteiger partial charge in [-0.05, 0) is 37.3 Å². The number of methoxy groups -OCH3 is 1. The highest BCUT2D eigenvalue weighted by Gasteiger charge is 2.15. The number of carbonyl (C=O) groups is 2. The van der Waals surface area contributed by atoms with E-state index in [0.717, 1.165) is 10.2 Å². The van der Waals surface area contributed by atoms with Gasteiger partial charge in [0, 0.05) is 11.6 Å². The van der Waals surface area contributed by atoms with Gasteiger partial charge in [0.1, 0.15) is 18.3 Å². The van der Waals surface area contributed by atoms with Crippen LogP contribution in [-0.4, -0.2) is 39.9 Å². The number of carboxylic acid groups (broad SMARTS) is 1. The fourth-order valence-electron chi connectivity index (χ4n) is 1.96. The van der Waals surface area contributed by atoms with Crippen molar-refractivity contribution in [3.63, 3.8) is 0 Å². The lowest BCUT2D eigenvalue weighted by atomic mass is 10.1. The highest BCUT2D eigenvalue weighted by atomic mass is 16.5. The minimum absolute atomic E-state index is 0.361. The summed E-state index contributed by atoms with van der Waals surface area (Å²) in [5.74, 6) is -1.07. The molecule has 2 N–H and O–H groups in total. The zero-order chi connectivity index (χ0) is 17.7. The van der Waals surface area contributed by atoms with Crippen molar-refractivity contribution in [2.75, 3.05) is 7.11 Å². The Balaban J connectivity index is 2.20. The predicted molar refractivity (Wildman–Crippen MR) is 85.7 cm³/mol. The molecule has 1 aromatic heterocycles. The first-order chi connectivity index (χ1) is 11.4. The number of amides is 1. The summed E-state index contributed by atoms with van der Waals surface area (Å²) in [6, 6.07) is 8.89. The van der Waals surface area contributed by atoms with Gasteiger partial charge in [-0.3, -0.25) is 14.4 Å². The minimum atomic E-state index is -1.16. The summed E-state index contributed by atoms with van der Waals surface area (Å²) in [6.45, 7) is 0.977. The number of nitrogens with zero attached hydrogens (tertiary/aromatic N) is 2. The number of hydrogen-bond acceptors (Lipinski definition) is 5. The smallest absolute Gasteiger partial charge is 0.325 e. The fraction of sp³-hybridized carbons (Fsp3) is 0.250. The van der Waals surface area contributed by atoms with Gasteiger partial charge in [0.2, 0.25) is 5.91 Å². The van der Waals surface area contributed by atoms with Gasteiger partial charge in [-0.25, -0.2) is 4.68 Å². The molecule has 1 atom stereocenters. The van der Waals surface area contributed by atoms with E-state index in [4.69, 9.17) is 9.84 Å². The van der Waals surface area contributed by atoms with E-state index < -0.39 is 23.5 Å². The average Bonchev–Trinajstić information content (AvgIpc) is 2.56. The van der Waals surface area contributed by atoms with Crippen molar-refractivity contribution in [1.82, 2.24) is 15.1 Å². The molecule has 0 aliphatic heterocycles. The Morgan fingerprint density at radius 2 is 1.92 bits per heavy atom. The molecule has 1 amide bonds.